The maximum Gasteiger partial charge on any atom is 0.229 e. The van der Waals surface area contributed by atoms with Crippen LogP contribution in [0, 0.1) is 46.5 Å². The summed E-state index contributed by atoms with van der Waals surface area (Å²) < 4.78 is 149. The van der Waals surface area contributed by atoms with Gasteiger partial charge in [0.15, 0.2) is 46.5 Å². The molecule has 0 aliphatic carbocycles. The van der Waals surface area contributed by atoms with E-state index >= 15 is 26.3 Å². The monoisotopic (exact) mass is 854 g/mol. The molecular formula is C46H30F8N4O4. The summed E-state index contributed by atoms with van der Waals surface area (Å²) in [5.74, 6) is -16.2. The summed E-state index contributed by atoms with van der Waals surface area (Å²) in [5, 5.41) is 0. The van der Waals surface area contributed by atoms with E-state index in [1.54, 1.807) is 48.5 Å². The normalized spacial score (nSPS) is 15.1. The zero-order chi connectivity index (χ0) is 44.1. The second kappa shape index (κ2) is 15.9. The quantitative estimate of drug-likeness (QED) is 0.0738. The van der Waals surface area contributed by atoms with Crippen LogP contribution in [-0.4, -0.2) is 51.3 Å². The molecule has 0 N–H and O–H groups in total. The van der Waals surface area contributed by atoms with Crippen molar-refractivity contribution in [2.75, 3.05) is 28.4 Å². The third kappa shape index (κ3) is 6.62. The van der Waals surface area contributed by atoms with Gasteiger partial charge in [-0.15, -0.1) is 0 Å². The largest absolute Gasteiger partial charge is 0.497 e. The third-order valence-corrected chi connectivity index (χ3v) is 10.4. The zero-order valence-electron chi connectivity index (χ0n) is 32.8. The molecule has 0 unspecified atom stereocenters. The van der Waals surface area contributed by atoms with Crippen LogP contribution in [0.1, 0.15) is 33.4 Å². The van der Waals surface area contributed by atoms with Gasteiger partial charge < -0.3 is 18.9 Å². The Labute approximate surface area is 348 Å². The number of hydrogen-bond donors (Lipinski definition) is 0. The second-order valence-electron chi connectivity index (χ2n) is 13.8. The Balaban J connectivity index is 1.64. The van der Waals surface area contributed by atoms with E-state index in [1.807, 2.05) is 0 Å². The number of nitrogens with zero attached hydrogens (tertiary/aromatic N) is 4. The summed E-state index contributed by atoms with van der Waals surface area (Å²) in [6, 6.07) is 24.9. The van der Waals surface area contributed by atoms with Crippen LogP contribution in [0.2, 0.25) is 0 Å². The summed E-state index contributed by atoms with van der Waals surface area (Å²) in [6.45, 7) is 0. The molecule has 0 saturated heterocycles. The number of rotatable bonds is 11. The van der Waals surface area contributed by atoms with Crippen molar-refractivity contribution in [3.63, 3.8) is 0 Å². The number of aliphatic imine (C=N–C) groups is 4. The lowest BCUT2D eigenvalue weighted by Gasteiger charge is -2.38. The fourth-order valence-electron chi connectivity index (χ4n) is 7.38. The fraction of sp³-hybridized carbons (Fsp3) is 0.130. The Morgan fingerprint density at radius 1 is 0.339 bits per heavy atom. The Kier molecular flexibility index (Phi) is 10.6. The van der Waals surface area contributed by atoms with E-state index in [-0.39, 0.29) is 80.2 Å². The molecule has 0 bridgehead atoms. The van der Waals surface area contributed by atoms with Crippen LogP contribution in [0.3, 0.4) is 0 Å². The number of methoxy groups -OCH3 is 4. The summed E-state index contributed by atoms with van der Waals surface area (Å²) >= 11 is 0. The first-order valence-corrected chi connectivity index (χ1v) is 18.4. The molecule has 0 aromatic heterocycles. The minimum atomic E-state index is -3.22. The SMILES string of the molecule is COc1cccc(C2=NC(c3cc(F)c(F)c(F)c3F)(C3(c4cc(F)c(F)c(F)c4F)N=C(c4cccc(OC)c4)C(c4cccc(OC)c4)=N3)N=C2c2cccc(OC)c2)c1. The Morgan fingerprint density at radius 2 is 0.597 bits per heavy atom. The van der Waals surface area contributed by atoms with E-state index in [0.29, 0.717) is 0 Å². The smallest absolute Gasteiger partial charge is 0.229 e. The van der Waals surface area contributed by atoms with E-state index in [1.165, 1.54) is 77.0 Å². The van der Waals surface area contributed by atoms with Gasteiger partial charge in [0.25, 0.3) is 0 Å². The van der Waals surface area contributed by atoms with Gasteiger partial charge in [-0.3, -0.25) is 0 Å². The minimum absolute atomic E-state index is 0.162. The van der Waals surface area contributed by atoms with Gasteiger partial charge in [-0.05, 0) is 60.7 Å². The van der Waals surface area contributed by atoms with Crippen molar-refractivity contribution >= 4 is 22.8 Å². The molecule has 16 heteroatoms. The average molecular weight is 855 g/mol. The predicted molar refractivity (Wildman–Crippen MR) is 214 cm³/mol. The number of halogens is 8. The molecule has 6 aromatic rings. The molecule has 62 heavy (non-hydrogen) atoms. The molecule has 2 aliphatic rings. The molecule has 2 heterocycles. The first-order chi connectivity index (χ1) is 29.8. The molecule has 0 amide bonds. The predicted octanol–water partition coefficient (Wildman–Crippen LogP) is 9.82. The van der Waals surface area contributed by atoms with Gasteiger partial charge in [0, 0.05) is 33.4 Å². The zero-order valence-corrected chi connectivity index (χ0v) is 32.8. The standard InChI is InChI=1S/C46H30F8N4O4/c1-59-27-13-5-9-23(17-27)41-42(24-10-6-14-28(18-24)60-2)56-45(55-41,31-21-33(47)37(51)39(53)35(31)49)46(32-22-34(48)38(52)40(54)36(32)50)57-43(25-11-7-15-29(19-25)61-3)44(58-46)26-12-8-16-30(20-26)62-4/h5-22H,1-4H3. The molecule has 2 aliphatic heterocycles. The van der Waals surface area contributed by atoms with Gasteiger partial charge >= 0.3 is 0 Å². The van der Waals surface area contributed by atoms with E-state index in [4.69, 9.17) is 38.9 Å². The van der Waals surface area contributed by atoms with Crippen LogP contribution in [0.4, 0.5) is 35.1 Å². The molecule has 6 aromatic carbocycles. The molecule has 0 radical (unpaired) electrons. The number of hydrogen-bond acceptors (Lipinski definition) is 8. The second-order valence-corrected chi connectivity index (χ2v) is 13.8. The summed E-state index contributed by atoms with van der Waals surface area (Å²) in [5.41, 5.74) is -9.09. The van der Waals surface area contributed by atoms with Gasteiger partial charge in [-0.2, -0.15) is 0 Å². The van der Waals surface area contributed by atoms with Crippen molar-refractivity contribution in [3.05, 3.63) is 189 Å². The van der Waals surface area contributed by atoms with Gasteiger partial charge in [0.1, 0.15) is 23.0 Å². The van der Waals surface area contributed by atoms with Crippen molar-refractivity contribution in [2.24, 2.45) is 20.0 Å². The Hall–Kier alpha value is -7.36. The third-order valence-electron chi connectivity index (χ3n) is 10.4. The highest BCUT2D eigenvalue weighted by atomic mass is 19.2. The van der Waals surface area contributed by atoms with E-state index in [2.05, 4.69) is 0 Å². The molecule has 8 nitrogen and oxygen atoms in total. The van der Waals surface area contributed by atoms with Gasteiger partial charge in [0.05, 0.1) is 51.3 Å². The Morgan fingerprint density at radius 3 is 0.839 bits per heavy atom. The first kappa shape index (κ1) is 41.4. The van der Waals surface area contributed by atoms with E-state index in [9.17, 15) is 8.78 Å². The molecule has 0 spiro atoms. The van der Waals surface area contributed by atoms with Gasteiger partial charge in [-0.25, -0.2) is 55.1 Å². The highest BCUT2D eigenvalue weighted by molar-refractivity contribution is 6.56. The van der Waals surface area contributed by atoms with Crippen molar-refractivity contribution in [1.82, 2.24) is 0 Å². The Bertz CT molecular complexity index is 2610. The maximum atomic E-state index is 16.9. The van der Waals surface area contributed by atoms with Gasteiger partial charge in [0.2, 0.25) is 11.3 Å². The van der Waals surface area contributed by atoms with E-state index < -0.39 is 69.0 Å². The molecule has 0 fully saturated rings. The lowest BCUT2D eigenvalue weighted by molar-refractivity contribution is 0.231. The molecule has 0 saturated carbocycles. The van der Waals surface area contributed by atoms with Crippen molar-refractivity contribution < 1.29 is 54.1 Å². The molecule has 0 atom stereocenters. The van der Waals surface area contributed by atoms with Crippen molar-refractivity contribution in [2.45, 2.75) is 11.3 Å². The minimum Gasteiger partial charge on any atom is -0.497 e. The summed E-state index contributed by atoms with van der Waals surface area (Å²) in [4.78, 5) is 19.4. The lowest BCUT2D eigenvalue weighted by Crippen LogP contribution is -2.45. The molecule has 8 rings (SSSR count). The summed E-state index contributed by atoms with van der Waals surface area (Å²) in [6.07, 6.45) is 0. The first-order valence-electron chi connectivity index (χ1n) is 18.4. The molecule has 314 valence electrons. The topological polar surface area (TPSA) is 86.4 Å². The van der Waals surface area contributed by atoms with E-state index in [0.717, 1.165) is 0 Å². The highest BCUT2D eigenvalue weighted by Crippen LogP contribution is 2.56. The van der Waals surface area contributed by atoms with Crippen LogP contribution in [0.5, 0.6) is 23.0 Å². The van der Waals surface area contributed by atoms with Crippen LogP contribution >= 0.6 is 0 Å². The van der Waals surface area contributed by atoms with Crippen molar-refractivity contribution in [3.8, 4) is 23.0 Å². The molecular weight excluding hydrogens is 825 g/mol. The van der Waals surface area contributed by atoms with Crippen LogP contribution in [-0.2, 0) is 11.3 Å². The maximum absolute atomic E-state index is 16.9. The fourth-order valence-corrected chi connectivity index (χ4v) is 7.38. The van der Waals surface area contributed by atoms with Crippen LogP contribution in [0.15, 0.2) is 129 Å². The number of ether oxygens (including phenoxy) is 4. The number of benzene rings is 6. The lowest BCUT2D eigenvalue weighted by atomic mass is 9.81. The average Bonchev–Trinajstić information content (AvgIpc) is 3.93. The highest BCUT2D eigenvalue weighted by Gasteiger charge is 2.63. The summed E-state index contributed by atoms with van der Waals surface area (Å²) in [7, 11) is 5.48. The van der Waals surface area contributed by atoms with Crippen LogP contribution < -0.4 is 18.9 Å². The van der Waals surface area contributed by atoms with Crippen LogP contribution in [0.25, 0.3) is 0 Å². The van der Waals surface area contributed by atoms with Crippen molar-refractivity contribution in [1.29, 1.82) is 0 Å². The van der Waals surface area contributed by atoms with Gasteiger partial charge in [-0.1, -0.05) is 48.5 Å².